The zero-order valence-electron chi connectivity index (χ0n) is 9.97. The fourth-order valence-electron chi connectivity index (χ4n) is 1.85. The van der Waals surface area contributed by atoms with Gasteiger partial charge in [-0.1, -0.05) is 12.1 Å². The van der Waals surface area contributed by atoms with E-state index in [9.17, 15) is 14.4 Å². The number of amides is 4. The summed E-state index contributed by atoms with van der Waals surface area (Å²) >= 11 is 0. The predicted octanol–water partition coefficient (Wildman–Crippen LogP) is 0.651. The van der Waals surface area contributed by atoms with Crippen LogP contribution in [0.5, 0.6) is 0 Å². The molecule has 3 rings (SSSR count). The molecule has 1 saturated heterocycles. The number of nitrogens with zero attached hydrogens (tertiary/aromatic N) is 3. The summed E-state index contributed by atoms with van der Waals surface area (Å²) in [5.74, 6) is -1.04. The Morgan fingerprint density at radius 1 is 1.28 bits per heavy atom. The fraction of sp³-hybridized carbons (Fsp3) is 0.455. The number of carbonyl (C=O) groups excluding carboxylic acids is 3. The molecule has 1 aliphatic heterocycles. The molecule has 7 nitrogen and oxygen atoms in total. The number of hydrogen-bond donors (Lipinski definition) is 0. The second kappa shape index (κ2) is 3.18. The third-order valence-corrected chi connectivity index (χ3v) is 3.49. The standard InChI is InChI=1S/C11H11N3O4/c1-11(3-4-11)6-5-7(12-18-6)14-9(16)8(15)13(2)10(14)17/h5H,3-4H2,1-2H3. The van der Waals surface area contributed by atoms with Gasteiger partial charge in [-0.3, -0.25) is 14.5 Å². The topological polar surface area (TPSA) is 83.7 Å². The molecule has 0 radical (unpaired) electrons. The summed E-state index contributed by atoms with van der Waals surface area (Å²) < 4.78 is 5.15. The molecule has 0 atom stereocenters. The van der Waals surface area contributed by atoms with E-state index in [2.05, 4.69) is 5.16 Å². The predicted molar refractivity (Wildman–Crippen MR) is 58.7 cm³/mol. The highest BCUT2D eigenvalue weighted by molar-refractivity contribution is 6.52. The van der Waals surface area contributed by atoms with Gasteiger partial charge in [-0.25, -0.2) is 9.69 Å². The van der Waals surface area contributed by atoms with Gasteiger partial charge in [0, 0.05) is 18.5 Å². The van der Waals surface area contributed by atoms with Gasteiger partial charge in [-0.15, -0.1) is 0 Å². The molecule has 1 aliphatic carbocycles. The van der Waals surface area contributed by atoms with Crippen molar-refractivity contribution in [2.75, 3.05) is 11.9 Å². The van der Waals surface area contributed by atoms with Crippen molar-refractivity contribution in [3.63, 3.8) is 0 Å². The average molecular weight is 249 g/mol. The number of urea groups is 1. The lowest BCUT2D eigenvalue weighted by Gasteiger charge is -2.07. The fourth-order valence-corrected chi connectivity index (χ4v) is 1.85. The maximum absolute atomic E-state index is 11.7. The Morgan fingerprint density at radius 2 is 1.94 bits per heavy atom. The van der Waals surface area contributed by atoms with Gasteiger partial charge in [0.15, 0.2) is 5.82 Å². The number of carbonyl (C=O) groups is 3. The van der Waals surface area contributed by atoms with Crippen LogP contribution in [0.2, 0.25) is 0 Å². The van der Waals surface area contributed by atoms with Crippen molar-refractivity contribution in [1.82, 2.24) is 10.1 Å². The van der Waals surface area contributed by atoms with Crippen LogP contribution in [-0.2, 0) is 15.0 Å². The maximum Gasteiger partial charge on any atom is 0.339 e. The van der Waals surface area contributed by atoms with Crippen molar-refractivity contribution in [2.24, 2.45) is 0 Å². The Kier molecular flexibility index (Phi) is 1.93. The van der Waals surface area contributed by atoms with E-state index in [-0.39, 0.29) is 11.2 Å². The van der Waals surface area contributed by atoms with Crippen LogP contribution in [0.25, 0.3) is 0 Å². The lowest BCUT2D eigenvalue weighted by atomic mass is 10.1. The minimum Gasteiger partial charge on any atom is -0.359 e. The highest BCUT2D eigenvalue weighted by Gasteiger charge is 2.47. The number of rotatable bonds is 2. The van der Waals surface area contributed by atoms with Crippen molar-refractivity contribution in [3.05, 3.63) is 11.8 Å². The Hall–Kier alpha value is -2.18. The van der Waals surface area contributed by atoms with Crippen molar-refractivity contribution in [3.8, 4) is 0 Å². The molecule has 1 aromatic heterocycles. The van der Waals surface area contributed by atoms with Gasteiger partial charge in [0.1, 0.15) is 5.76 Å². The van der Waals surface area contributed by atoms with Crippen LogP contribution >= 0.6 is 0 Å². The summed E-state index contributed by atoms with van der Waals surface area (Å²) in [6.07, 6.45) is 1.98. The molecule has 2 fully saturated rings. The molecule has 2 heterocycles. The summed E-state index contributed by atoms with van der Waals surface area (Å²) in [6, 6.07) is 0.848. The van der Waals surface area contributed by atoms with Gasteiger partial charge >= 0.3 is 17.8 Å². The van der Waals surface area contributed by atoms with E-state index < -0.39 is 17.8 Å². The van der Waals surface area contributed by atoms with Crippen LogP contribution in [0.15, 0.2) is 10.6 Å². The van der Waals surface area contributed by atoms with E-state index in [0.29, 0.717) is 5.76 Å². The number of likely N-dealkylation sites (N-methyl/N-ethyl adjacent to an activating group) is 1. The normalized spacial score (nSPS) is 22.0. The van der Waals surface area contributed by atoms with Crippen molar-refractivity contribution < 1.29 is 18.9 Å². The first-order chi connectivity index (χ1) is 8.44. The number of hydrogen-bond acceptors (Lipinski definition) is 5. The molecule has 7 heteroatoms. The number of imide groups is 2. The molecule has 0 N–H and O–H groups in total. The van der Waals surface area contributed by atoms with E-state index in [1.165, 1.54) is 7.05 Å². The van der Waals surface area contributed by atoms with Crippen LogP contribution in [0.1, 0.15) is 25.5 Å². The van der Waals surface area contributed by atoms with Crippen LogP contribution in [0.3, 0.4) is 0 Å². The first-order valence-corrected chi connectivity index (χ1v) is 5.57. The van der Waals surface area contributed by atoms with E-state index in [1.54, 1.807) is 6.07 Å². The van der Waals surface area contributed by atoms with Crippen molar-refractivity contribution in [2.45, 2.75) is 25.2 Å². The highest BCUT2D eigenvalue weighted by Crippen LogP contribution is 2.48. The van der Waals surface area contributed by atoms with Crippen LogP contribution < -0.4 is 4.90 Å². The second-order valence-corrected chi connectivity index (χ2v) is 4.90. The first-order valence-electron chi connectivity index (χ1n) is 5.57. The smallest absolute Gasteiger partial charge is 0.339 e. The average Bonchev–Trinajstić information content (AvgIpc) is 2.85. The monoisotopic (exact) mass is 249 g/mol. The Balaban J connectivity index is 1.96. The molecule has 1 aromatic rings. The first kappa shape index (κ1) is 10.9. The molecule has 0 aromatic carbocycles. The van der Waals surface area contributed by atoms with Gasteiger partial charge in [-0.05, 0) is 12.8 Å². The lowest BCUT2D eigenvalue weighted by Crippen LogP contribution is -2.31. The third-order valence-electron chi connectivity index (χ3n) is 3.49. The van der Waals surface area contributed by atoms with Gasteiger partial charge < -0.3 is 4.52 Å². The van der Waals surface area contributed by atoms with Crippen molar-refractivity contribution in [1.29, 1.82) is 0 Å². The molecule has 4 amide bonds. The van der Waals surface area contributed by atoms with E-state index in [1.807, 2.05) is 6.92 Å². The van der Waals surface area contributed by atoms with E-state index >= 15 is 0 Å². The Labute approximate surface area is 102 Å². The van der Waals surface area contributed by atoms with E-state index in [0.717, 1.165) is 22.6 Å². The zero-order chi connectivity index (χ0) is 13.1. The molecular weight excluding hydrogens is 238 g/mol. The number of anilines is 1. The number of aromatic nitrogens is 1. The summed E-state index contributed by atoms with van der Waals surface area (Å²) in [4.78, 5) is 36.2. The molecule has 18 heavy (non-hydrogen) atoms. The van der Waals surface area contributed by atoms with Gasteiger partial charge in [0.25, 0.3) is 0 Å². The molecular formula is C11H11N3O4. The Bertz CT molecular complexity index is 573. The Morgan fingerprint density at radius 3 is 2.44 bits per heavy atom. The minimum absolute atomic E-state index is 0.0486. The molecule has 0 bridgehead atoms. The quantitative estimate of drug-likeness (QED) is 0.567. The summed E-state index contributed by atoms with van der Waals surface area (Å²) in [7, 11) is 1.26. The molecule has 94 valence electrons. The highest BCUT2D eigenvalue weighted by atomic mass is 16.5. The van der Waals surface area contributed by atoms with Gasteiger partial charge in [0.2, 0.25) is 0 Å². The van der Waals surface area contributed by atoms with Gasteiger partial charge in [0.05, 0.1) is 0 Å². The summed E-state index contributed by atoms with van der Waals surface area (Å²) in [6.45, 7) is 2.02. The van der Waals surface area contributed by atoms with Gasteiger partial charge in [-0.2, -0.15) is 0 Å². The lowest BCUT2D eigenvalue weighted by molar-refractivity contribution is -0.138. The van der Waals surface area contributed by atoms with Crippen LogP contribution in [0.4, 0.5) is 10.6 Å². The third kappa shape index (κ3) is 1.30. The SMILES string of the molecule is CN1C(=O)C(=O)N(c2cc(C3(C)CC3)on2)C1=O. The van der Waals surface area contributed by atoms with Crippen LogP contribution in [-0.4, -0.2) is 34.9 Å². The second-order valence-electron chi connectivity index (χ2n) is 4.90. The summed E-state index contributed by atoms with van der Waals surface area (Å²) in [5, 5.41) is 3.70. The summed E-state index contributed by atoms with van der Waals surface area (Å²) in [5.41, 5.74) is -0.0486. The minimum atomic E-state index is -0.900. The van der Waals surface area contributed by atoms with Crippen molar-refractivity contribution >= 4 is 23.7 Å². The van der Waals surface area contributed by atoms with E-state index in [4.69, 9.17) is 4.52 Å². The molecule has 2 aliphatic rings. The largest absolute Gasteiger partial charge is 0.359 e. The zero-order valence-corrected chi connectivity index (χ0v) is 9.97. The molecule has 1 saturated carbocycles. The molecule has 0 unspecified atom stereocenters. The van der Waals surface area contributed by atoms with Crippen LogP contribution in [0, 0.1) is 0 Å². The molecule has 0 spiro atoms. The maximum atomic E-state index is 11.7.